The van der Waals surface area contributed by atoms with E-state index >= 15 is 0 Å². The topological polar surface area (TPSA) is 27.7 Å². The lowest BCUT2D eigenvalue weighted by Crippen LogP contribution is -2.41. The third kappa shape index (κ3) is 3.02. The molecule has 0 aliphatic carbocycles. The van der Waals surface area contributed by atoms with Gasteiger partial charge in [0, 0.05) is 0 Å². The van der Waals surface area contributed by atoms with Crippen molar-refractivity contribution in [2.75, 3.05) is 0 Å². The molecular formula is C16H25BO3. The fraction of sp³-hybridized carbons (Fsp3) is 0.625. The standard InChI is InChI=1S/C16H25BO3/c1-7-12(2)18-14-10-8-9-13(11-14)17-19-15(3,4)16(5,6)20-17/h8-12H,7H2,1-6H3/t12-/m0/s1. The van der Waals surface area contributed by atoms with Crippen LogP contribution in [0.25, 0.3) is 0 Å². The monoisotopic (exact) mass is 276 g/mol. The molecular weight excluding hydrogens is 251 g/mol. The van der Waals surface area contributed by atoms with E-state index in [1.54, 1.807) is 0 Å². The van der Waals surface area contributed by atoms with Gasteiger partial charge in [-0.2, -0.15) is 0 Å². The third-order valence-corrected chi connectivity index (χ3v) is 4.30. The summed E-state index contributed by atoms with van der Waals surface area (Å²) in [5.41, 5.74) is 0.376. The molecule has 0 aromatic heterocycles. The maximum atomic E-state index is 6.06. The van der Waals surface area contributed by atoms with Crippen LogP contribution in [0.3, 0.4) is 0 Å². The van der Waals surface area contributed by atoms with Crippen LogP contribution in [0, 0.1) is 0 Å². The Hall–Kier alpha value is -0.995. The largest absolute Gasteiger partial charge is 0.494 e. The molecule has 1 atom stereocenters. The summed E-state index contributed by atoms with van der Waals surface area (Å²) in [7, 11) is -0.333. The first kappa shape index (κ1) is 15.4. The normalized spacial score (nSPS) is 21.8. The zero-order valence-corrected chi connectivity index (χ0v) is 13.4. The molecule has 1 aromatic rings. The van der Waals surface area contributed by atoms with Crippen LogP contribution < -0.4 is 10.2 Å². The van der Waals surface area contributed by atoms with Crippen molar-refractivity contribution in [3.8, 4) is 5.75 Å². The fourth-order valence-corrected chi connectivity index (χ4v) is 2.03. The number of benzene rings is 1. The van der Waals surface area contributed by atoms with E-state index < -0.39 is 0 Å². The van der Waals surface area contributed by atoms with E-state index in [9.17, 15) is 0 Å². The van der Waals surface area contributed by atoms with Crippen LogP contribution in [-0.2, 0) is 9.31 Å². The highest BCUT2D eigenvalue weighted by atomic mass is 16.7. The minimum Gasteiger partial charge on any atom is -0.491 e. The van der Waals surface area contributed by atoms with Crippen molar-refractivity contribution in [2.45, 2.75) is 65.3 Å². The van der Waals surface area contributed by atoms with Crippen LogP contribution in [0.2, 0.25) is 0 Å². The van der Waals surface area contributed by atoms with Crippen LogP contribution in [-0.4, -0.2) is 24.4 Å². The smallest absolute Gasteiger partial charge is 0.491 e. The summed E-state index contributed by atoms with van der Waals surface area (Å²) < 4.78 is 18.0. The summed E-state index contributed by atoms with van der Waals surface area (Å²) in [5, 5.41) is 0. The Morgan fingerprint density at radius 1 is 1.15 bits per heavy atom. The van der Waals surface area contributed by atoms with Crippen LogP contribution >= 0.6 is 0 Å². The fourth-order valence-electron chi connectivity index (χ4n) is 2.03. The van der Waals surface area contributed by atoms with Crippen molar-refractivity contribution in [1.29, 1.82) is 0 Å². The molecule has 0 N–H and O–H groups in total. The van der Waals surface area contributed by atoms with Gasteiger partial charge < -0.3 is 14.0 Å². The van der Waals surface area contributed by atoms with Crippen molar-refractivity contribution in [1.82, 2.24) is 0 Å². The first-order chi connectivity index (χ1) is 9.25. The molecule has 0 saturated carbocycles. The highest BCUT2D eigenvalue weighted by molar-refractivity contribution is 6.62. The van der Waals surface area contributed by atoms with Gasteiger partial charge in [-0.05, 0) is 58.6 Å². The SMILES string of the molecule is CC[C@H](C)Oc1cccc(B2OC(C)(C)C(C)(C)O2)c1. The molecule has 1 heterocycles. The van der Waals surface area contributed by atoms with Crippen molar-refractivity contribution in [3.63, 3.8) is 0 Å². The second-order valence-electron chi connectivity index (χ2n) is 6.50. The Morgan fingerprint density at radius 2 is 1.75 bits per heavy atom. The summed E-state index contributed by atoms with van der Waals surface area (Å²) in [5.74, 6) is 0.867. The summed E-state index contributed by atoms with van der Waals surface area (Å²) >= 11 is 0. The number of hydrogen-bond donors (Lipinski definition) is 0. The maximum Gasteiger partial charge on any atom is 0.494 e. The van der Waals surface area contributed by atoms with E-state index in [4.69, 9.17) is 14.0 Å². The zero-order valence-electron chi connectivity index (χ0n) is 13.4. The van der Waals surface area contributed by atoms with E-state index in [0.29, 0.717) is 0 Å². The molecule has 110 valence electrons. The van der Waals surface area contributed by atoms with Gasteiger partial charge in [-0.25, -0.2) is 0 Å². The van der Waals surface area contributed by atoms with Crippen molar-refractivity contribution >= 4 is 12.6 Å². The predicted octanol–water partition coefficient (Wildman–Crippen LogP) is 3.16. The molecule has 0 radical (unpaired) electrons. The van der Waals surface area contributed by atoms with Crippen LogP contribution in [0.5, 0.6) is 5.75 Å². The molecule has 20 heavy (non-hydrogen) atoms. The number of hydrogen-bond acceptors (Lipinski definition) is 3. The Balaban J connectivity index is 2.17. The Kier molecular flexibility index (Phi) is 4.17. The Morgan fingerprint density at radius 3 is 2.30 bits per heavy atom. The van der Waals surface area contributed by atoms with E-state index in [1.165, 1.54) is 0 Å². The lowest BCUT2D eigenvalue weighted by atomic mass is 9.79. The van der Waals surface area contributed by atoms with Gasteiger partial charge in [-0.1, -0.05) is 19.1 Å². The lowest BCUT2D eigenvalue weighted by molar-refractivity contribution is 0.00578. The van der Waals surface area contributed by atoms with Gasteiger partial charge in [-0.15, -0.1) is 0 Å². The summed E-state index contributed by atoms with van der Waals surface area (Å²) in [4.78, 5) is 0. The molecule has 1 saturated heterocycles. The average Bonchev–Trinajstić information content (AvgIpc) is 2.59. The summed E-state index contributed by atoms with van der Waals surface area (Å²) in [6.07, 6.45) is 1.20. The minimum atomic E-state index is -0.333. The van der Waals surface area contributed by atoms with Gasteiger partial charge in [0.2, 0.25) is 0 Å². The second-order valence-corrected chi connectivity index (χ2v) is 6.50. The quantitative estimate of drug-likeness (QED) is 0.791. The molecule has 1 aromatic carbocycles. The Bertz CT molecular complexity index is 455. The zero-order chi connectivity index (χ0) is 15.0. The van der Waals surface area contributed by atoms with E-state index in [0.717, 1.165) is 17.6 Å². The molecule has 2 rings (SSSR count). The van der Waals surface area contributed by atoms with Crippen LogP contribution in [0.1, 0.15) is 48.0 Å². The van der Waals surface area contributed by atoms with E-state index in [2.05, 4.69) is 41.5 Å². The summed E-state index contributed by atoms with van der Waals surface area (Å²) in [6, 6.07) is 7.99. The highest BCUT2D eigenvalue weighted by Crippen LogP contribution is 2.36. The Labute approximate surface area is 122 Å². The van der Waals surface area contributed by atoms with Gasteiger partial charge in [0.25, 0.3) is 0 Å². The molecule has 1 aliphatic rings. The molecule has 0 amide bonds. The van der Waals surface area contributed by atoms with Crippen LogP contribution in [0.4, 0.5) is 0 Å². The number of ether oxygens (including phenoxy) is 1. The van der Waals surface area contributed by atoms with Crippen molar-refractivity contribution in [2.24, 2.45) is 0 Å². The minimum absolute atomic E-state index is 0.212. The highest BCUT2D eigenvalue weighted by Gasteiger charge is 2.51. The van der Waals surface area contributed by atoms with E-state index in [-0.39, 0.29) is 24.4 Å². The first-order valence-corrected chi connectivity index (χ1v) is 7.37. The van der Waals surface area contributed by atoms with Gasteiger partial charge in [0.15, 0.2) is 0 Å². The van der Waals surface area contributed by atoms with Gasteiger partial charge in [0.1, 0.15) is 5.75 Å². The maximum absolute atomic E-state index is 6.06. The lowest BCUT2D eigenvalue weighted by Gasteiger charge is -2.32. The molecule has 1 aliphatic heterocycles. The van der Waals surface area contributed by atoms with Crippen LogP contribution in [0.15, 0.2) is 24.3 Å². The van der Waals surface area contributed by atoms with Gasteiger partial charge in [0.05, 0.1) is 17.3 Å². The first-order valence-electron chi connectivity index (χ1n) is 7.37. The summed E-state index contributed by atoms with van der Waals surface area (Å²) in [6.45, 7) is 12.4. The van der Waals surface area contributed by atoms with E-state index in [1.807, 2.05) is 24.3 Å². The van der Waals surface area contributed by atoms with Gasteiger partial charge >= 0.3 is 7.12 Å². The molecule has 4 heteroatoms. The second kappa shape index (κ2) is 5.42. The molecule has 0 unspecified atom stereocenters. The van der Waals surface area contributed by atoms with Crippen molar-refractivity contribution in [3.05, 3.63) is 24.3 Å². The molecule has 0 bridgehead atoms. The molecule has 0 spiro atoms. The predicted molar refractivity (Wildman–Crippen MR) is 82.5 cm³/mol. The molecule has 3 nitrogen and oxygen atoms in total. The number of rotatable bonds is 4. The average molecular weight is 276 g/mol. The molecule has 1 fully saturated rings. The third-order valence-electron chi connectivity index (χ3n) is 4.30. The van der Waals surface area contributed by atoms with Gasteiger partial charge in [-0.3, -0.25) is 0 Å². The van der Waals surface area contributed by atoms with Crippen molar-refractivity contribution < 1.29 is 14.0 Å².